The van der Waals surface area contributed by atoms with Crippen LogP contribution >= 0.6 is 0 Å². The normalized spacial score (nSPS) is 14.2. The maximum absolute atomic E-state index is 11.3. The summed E-state index contributed by atoms with van der Waals surface area (Å²) in [5.74, 6) is 0.418. The second kappa shape index (κ2) is 4.10. The van der Waals surface area contributed by atoms with Gasteiger partial charge in [-0.25, -0.2) is 13.4 Å². The summed E-state index contributed by atoms with van der Waals surface area (Å²) in [6, 6.07) is 0. The van der Waals surface area contributed by atoms with Crippen molar-refractivity contribution in [2.75, 3.05) is 13.3 Å². The standard InChI is InChI=1S/C8H14N2O3S/c1-6(14(3,11)12)8-7(4-9-2)10-5-13-8/h5-6,9H,4H2,1-3H3. The van der Waals surface area contributed by atoms with Crippen molar-refractivity contribution in [1.29, 1.82) is 0 Å². The van der Waals surface area contributed by atoms with E-state index in [1.807, 2.05) is 0 Å². The number of sulfone groups is 1. The van der Waals surface area contributed by atoms with Crippen LogP contribution in [-0.4, -0.2) is 26.7 Å². The van der Waals surface area contributed by atoms with Gasteiger partial charge in [-0.15, -0.1) is 0 Å². The van der Waals surface area contributed by atoms with E-state index >= 15 is 0 Å². The molecule has 14 heavy (non-hydrogen) atoms. The maximum Gasteiger partial charge on any atom is 0.181 e. The first-order chi connectivity index (χ1) is 6.46. The average Bonchev–Trinajstić information content (AvgIpc) is 2.50. The third kappa shape index (κ3) is 2.33. The van der Waals surface area contributed by atoms with E-state index in [0.29, 0.717) is 18.0 Å². The van der Waals surface area contributed by atoms with Crippen molar-refractivity contribution in [2.45, 2.75) is 18.7 Å². The molecule has 0 saturated heterocycles. The largest absolute Gasteiger partial charge is 0.447 e. The second-order valence-corrected chi connectivity index (χ2v) is 5.53. The van der Waals surface area contributed by atoms with Crippen molar-refractivity contribution in [2.24, 2.45) is 0 Å². The van der Waals surface area contributed by atoms with Crippen LogP contribution in [0, 0.1) is 0 Å². The van der Waals surface area contributed by atoms with Crippen molar-refractivity contribution < 1.29 is 12.8 Å². The van der Waals surface area contributed by atoms with Crippen molar-refractivity contribution in [3.8, 4) is 0 Å². The molecule has 1 aromatic rings. The van der Waals surface area contributed by atoms with Gasteiger partial charge in [-0.05, 0) is 14.0 Å². The lowest BCUT2D eigenvalue weighted by Crippen LogP contribution is -2.12. The minimum atomic E-state index is -3.13. The van der Waals surface area contributed by atoms with Crippen LogP contribution in [0.5, 0.6) is 0 Å². The molecular weight excluding hydrogens is 204 g/mol. The Hall–Kier alpha value is -0.880. The Morgan fingerprint density at radius 3 is 2.79 bits per heavy atom. The zero-order valence-corrected chi connectivity index (χ0v) is 9.26. The van der Waals surface area contributed by atoms with Gasteiger partial charge in [0.05, 0.1) is 5.69 Å². The summed E-state index contributed by atoms with van der Waals surface area (Å²) < 4.78 is 27.6. The Balaban J connectivity index is 3.01. The lowest BCUT2D eigenvalue weighted by atomic mass is 10.3. The van der Waals surface area contributed by atoms with E-state index in [9.17, 15) is 8.42 Å². The first-order valence-corrected chi connectivity index (χ1v) is 6.18. The Labute approximate surface area is 83.4 Å². The molecule has 0 aromatic carbocycles. The fourth-order valence-electron chi connectivity index (χ4n) is 1.10. The molecule has 0 amide bonds. The van der Waals surface area contributed by atoms with Gasteiger partial charge in [0.25, 0.3) is 0 Å². The predicted octanol–water partition coefficient (Wildman–Crippen LogP) is 0.500. The fourth-order valence-corrected chi connectivity index (χ4v) is 1.68. The number of nitrogens with zero attached hydrogens (tertiary/aromatic N) is 1. The van der Waals surface area contributed by atoms with Gasteiger partial charge in [0.1, 0.15) is 11.0 Å². The summed E-state index contributed by atoms with van der Waals surface area (Å²) in [7, 11) is -1.36. The summed E-state index contributed by atoms with van der Waals surface area (Å²) in [5, 5.41) is 2.25. The van der Waals surface area contributed by atoms with Crippen LogP contribution in [0.4, 0.5) is 0 Å². The molecule has 80 valence electrons. The monoisotopic (exact) mass is 218 g/mol. The van der Waals surface area contributed by atoms with E-state index in [-0.39, 0.29) is 0 Å². The van der Waals surface area contributed by atoms with Crippen molar-refractivity contribution in [1.82, 2.24) is 10.3 Å². The number of nitrogens with one attached hydrogen (secondary N) is 1. The van der Waals surface area contributed by atoms with E-state index in [1.54, 1.807) is 14.0 Å². The maximum atomic E-state index is 11.3. The van der Waals surface area contributed by atoms with Crippen molar-refractivity contribution in [3.63, 3.8) is 0 Å². The van der Waals surface area contributed by atoms with Crippen LogP contribution in [0.1, 0.15) is 23.6 Å². The molecule has 1 atom stereocenters. The lowest BCUT2D eigenvalue weighted by Gasteiger charge is -2.07. The van der Waals surface area contributed by atoms with E-state index in [4.69, 9.17) is 4.42 Å². The summed E-state index contributed by atoms with van der Waals surface area (Å²) >= 11 is 0. The van der Waals surface area contributed by atoms with Gasteiger partial charge in [0.2, 0.25) is 0 Å². The molecule has 0 spiro atoms. The highest BCUT2D eigenvalue weighted by molar-refractivity contribution is 7.90. The van der Waals surface area contributed by atoms with Crippen LogP contribution in [-0.2, 0) is 16.4 Å². The quantitative estimate of drug-likeness (QED) is 0.796. The molecule has 0 radical (unpaired) electrons. The number of hydrogen-bond acceptors (Lipinski definition) is 5. The van der Waals surface area contributed by atoms with Gasteiger partial charge >= 0.3 is 0 Å². The Morgan fingerprint density at radius 2 is 2.29 bits per heavy atom. The summed E-state index contributed by atoms with van der Waals surface area (Å²) in [6.07, 6.45) is 2.45. The zero-order chi connectivity index (χ0) is 10.8. The molecule has 0 bridgehead atoms. The summed E-state index contributed by atoms with van der Waals surface area (Å²) in [4.78, 5) is 3.95. The van der Waals surface area contributed by atoms with Crippen LogP contribution in [0.2, 0.25) is 0 Å². The highest BCUT2D eigenvalue weighted by Gasteiger charge is 2.24. The molecule has 0 aliphatic heterocycles. The van der Waals surface area contributed by atoms with Gasteiger partial charge in [-0.2, -0.15) is 0 Å². The second-order valence-electron chi connectivity index (χ2n) is 3.17. The van der Waals surface area contributed by atoms with E-state index in [1.165, 1.54) is 12.6 Å². The molecule has 0 aliphatic carbocycles. The first-order valence-electron chi connectivity index (χ1n) is 4.22. The number of oxazole rings is 1. The molecule has 0 saturated carbocycles. The van der Waals surface area contributed by atoms with Gasteiger partial charge < -0.3 is 9.73 Å². The molecule has 1 aromatic heterocycles. The fraction of sp³-hybridized carbons (Fsp3) is 0.625. The molecule has 1 rings (SSSR count). The highest BCUT2D eigenvalue weighted by atomic mass is 32.2. The SMILES string of the molecule is CNCc1ncoc1C(C)S(C)(=O)=O. The van der Waals surface area contributed by atoms with Gasteiger partial charge in [0, 0.05) is 12.8 Å². The topological polar surface area (TPSA) is 72.2 Å². The van der Waals surface area contributed by atoms with Crippen LogP contribution < -0.4 is 5.32 Å². The third-order valence-electron chi connectivity index (χ3n) is 2.03. The Morgan fingerprint density at radius 1 is 1.64 bits per heavy atom. The van der Waals surface area contributed by atoms with Gasteiger partial charge in [0.15, 0.2) is 16.2 Å². The molecule has 5 nitrogen and oxygen atoms in total. The summed E-state index contributed by atoms with van der Waals surface area (Å²) in [6.45, 7) is 2.10. The molecule has 0 aliphatic rings. The summed E-state index contributed by atoms with van der Waals surface area (Å²) in [5.41, 5.74) is 0.644. The van der Waals surface area contributed by atoms with Crippen LogP contribution in [0.25, 0.3) is 0 Å². The van der Waals surface area contributed by atoms with Crippen LogP contribution in [0.15, 0.2) is 10.8 Å². The first kappa shape index (κ1) is 11.2. The Kier molecular flexibility index (Phi) is 3.28. The molecule has 1 unspecified atom stereocenters. The number of aromatic nitrogens is 1. The van der Waals surface area contributed by atoms with E-state index in [2.05, 4.69) is 10.3 Å². The van der Waals surface area contributed by atoms with E-state index in [0.717, 1.165) is 0 Å². The average molecular weight is 218 g/mol. The number of hydrogen-bond donors (Lipinski definition) is 1. The minimum absolute atomic E-state index is 0.418. The highest BCUT2D eigenvalue weighted by Crippen LogP contribution is 2.23. The molecule has 1 heterocycles. The molecule has 1 N–H and O–H groups in total. The smallest absolute Gasteiger partial charge is 0.181 e. The molecule has 6 heteroatoms. The van der Waals surface area contributed by atoms with Gasteiger partial charge in [-0.1, -0.05) is 0 Å². The van der Waals surface area contributed by atoms with Gasteiger partial charge in [-0.3, -0.25) is 0 Å². The number of rotatable bonds is 4. The zero-order valence-electron chi connectivity index (χ0n) is 8.44. The lowest BCUT2D eigenvalue weighted by molar-refractivity contribution is 0.491. The molecule has 0 fully saturated rings. The van der Waals surface area contributed by atoms with Crippen molar-refractivity contribution >= 4 is 9.84 Å². The van der Waals surface area contributed by atoms with E-state index < -0.39 is 15.1 Å². The van der Waals surface area contributed by atoms with Crippen molar-refractivity contribution in [3.05, 3.63) is 17.8 Å². The minimum Gasteiger partial charge on any atom is -0.447 e. The van der Waals surface area contributed by atoms with Crippen LogP contribution in [0.3, 0.4) is 0 Å². The third-order valence-corrected chi connectivity index (χ3v) is 3.53. The Bertz CT molecular complexity index is 396. The predicted molar refractivity (Wildman–Crippen MR) is 52.5 cm³/mol. The molecular formula is C8H14N2O3S.